The molecule has 2 aliphatic rings. The zero-order valence-corrected chi connectivity index (χ0v) is 19.7. The molecule has 1 saturated heterocycles. The fourth-order valence-electron chi connectivity index (χ4n) is 5.88. The molecule has 0 bridgehead atoms. The topological polar surface area (TPSA) is 68.0 Å². The minimum atomic E-state index is -0.395. The van der Waals surface area contributed by atoms with Crippen LogP contribution in [0.3, 0.4) is 0 Å². The predicted octanol–water partition coefficient (Wildman–Crippen LogP) is 6.15. The van der Waals surface area contributed by atoms with Crippen molar-refractivity contribution in [2.45, 2.75) is 51.5 Å². The second-order valence-corrected chi connectivity index (χ2v) is 10.1. The van der Waals surface area contributed by atoms with Gasteiger partial charge < -0.3 is 9.73 Å². The van der Waals surface area contributed by atoms with Crippen LogP contribution in [0.5, 0.6) is 0 Å². The number of benzene rings is 2. The van der Waals surface area contributed by atoms with E-state index in [0.29, 0.717) is 21.8 Å². The van der Waals surface area contributed by atoms with Crippen molar-refractivity contribution < 1.29 is 9.21 Å². The Balaban J connectivity index is 1.59. The van der Waals surface area contributed by atoms with Crippen LogP contribution in [0.2, 0.25) is 10.0 Å². The van der Waals surface area contributed by atoms with Gasteiger partial charge in [-0.2, -0.15) is 0 Å². The summed E-state index contributed by atoms with van der Waals surface area (Å²) in [7, 11) is 0. The van der Waals surface area contributed by atoms with Crippen LogP contribution in [0.25, 0.3) is 11.5 Å². The molecule has 2 heterocycles. The number of hydrogen-bond donors (Lipinski definition) is 1. The molecule has 1 aliphatic carbocycles. The van der Waals surface area contributed by atoms with Gasteiger partial charge in [0.2, 0.25) is 17.7 Å². The minimum Gasteiger partial charge on any atom is -0.421 e. The van der Waals surface area contributed by atoms with E-state index >= 15 is 0 Å². The molecule has 5 nitrogen and oxygen atoms in total. The highest BCUT2D eigenvalue weighted by Gasteiger charge is 2.57. The number of halogens is 2. The number of nitrogens with one attached hydrogen (secondary N) is 1. The van der Waals surface area contributed by atoms with Gasteiger partial charge in [-0.25, -0.2) is 0 Å². The lowest BCUT2D eigenvalue weighted by molar-refractivity contribution is -0.129. The van der Waals surface area contributed by atoms with Crippen molar-refractivity contribution in [3.05, 3.63) is 69.5 Å². The first-order valence-corrected chi connectivity index (χ1v) is 11.7. The first-order valence-electron chi connectivity index (χ1n) is 10.9. The molecule has 2 fully saturated rings. The standard InChI is InChI=1S/C25H25Cl2N3O2/c1-13-22-21(15-4-7-17(26)8-5-15)19(10-11-25(22,3)24(31)28-13)18-9-6-16(12-20(18)27)23-30-29-14(2)32-23/h4-9,12-13,19,21-22H,10-11H2,1-3H3,(H,28,31)/t13-,19+,21+,22+,25-/m1/s1. The number of aromatic nitrogens is 2. The van der Waals surface area contributed by atoms with Gasteiger partial charge in [0.25, 0.3) is 0 Å². The molecular weight excluding hydrogens is 445 g/mol. The predicted molar refractivity (Wildman–Crippen MR) is 125 cm³/mol. The van der Waals surface area contributed by atoms with Crippen molar-refractivity contribution in [3.63, 3.8) is 0 Å². The summed E-state index contributed by atoms with van der Waals surface area (Å²) in [4.78, 5) is 12.9. The second-order valence-electron chi connectivity index (χ2n) is 9.29. The second kappa shape index (κ2) is 7.89. The van der Waals surface area contributed by atoms with Crippen molar-refractivity contribution in [2.75, 3.05) is 0 Å². The molecule has 1 aromatic heterocycles. The van der Waals surface area contributed by atoms with Crippen molar-refractivity contribution >= 4 is 29.1 Å². The molecule has 2 aromatic carbocycles. The Morgan fingerprint density at radius 3 is 2.53 bits per heavy atom. The van der Waals surface area contributed by atoms with Gasteiger partial charge in [0, 0.05) is 34.5 Å². The van der Waals surface area contributed by atoms with E-state index in [4.69, 9.17) is 27.6 Å². The average molecular weight is 470 g/mol. The third-order valence-electron chi connectivity index (χ3n) is 7.37. The maximum Gasteiger partial charge on any atom is 0.247 e. The van der Waals surface area contributed by atoms with E-state index in [0.717, 1.165) is 24.0 Å². The molecule has 1 amide bonds. The van der Waals surface area contributed by atoms with Crippen LogP contribution in [0.1, 0.15) is 55.5 Å². The molecule has 32 heavy (non-hydrogen) atoms. The van der Waals surface area contributed by atoms with Crippen LogP contribution >= 0.6 is 23.2 Å². The Kier molecular flexibility index (Phi) is 5.30. The van der Waals surface area contributed by atoms with E-state index < -0.39 is 5.41 Å². The van der Waals surface area contributed by atoms with E-state index in [9.17, 15) is 4.79 Å². The summed E-state index contributed by atoms with van der Waals surface area (Å²) in [5.41, 5.74) is 2.68. The van der Waals surface area contributed by atoms with Crippen LogP contribution < -0.4 is 5.32 Å². The zero-order chi connectivity index (χ0) is 22.6. The lowest BCUT2D eigenvalue weighted by Crippen LogP contribution is -2.42. The number of rotatable bonds is 3. The van der Waals surface area contributed by atoms with Gasteiger partial charge in [-0.05, 0) is 67.0 Å². The van der Waals surface area contributed by atoms with Gasteiger partial charge in [-0.1, -0.05) is 48.3 Å². The lowest BCUT2D eigenvalue weighted by Gasteiger charge is -2.46. The van der Waals surface area contributed by atoms with Gasteiger partial charge >= 0.3 is 0 Å². The van der Waals surface area contributed by atoms with Crippen LogP contribution in [0.15, 0.2) is 46.9 Å². The zero-order valence-electron chi connectivity index (χ0n) is 18.2. The minimum absolute atomic E-state index is 0.0791. The molecule has 5 atom stereocenters. The molecular formula is C25H25Cl2N3O2. The summed E-state index contributed by atoms with van der Waals surface area (Å²) in [5, 5.41) is 12.6. The van der Waals surface area contributed by atoms with Crippen LogP contribution in [0, 0.1) is 18.3 Å². The molecule has 0 unspecified atom stereocenters. The Labute approximate surface area is 197 Å². The third kappa shape index (κ3) is 3.43. The Morgan fingerprint density at radius 2 is 1.88 bits per heavy atom. The quantitative estimate of drug-likeness (QED) is 0.498. The fraction of sp³-hybridized carbons (Fsp3) is 0.400. The normalized spacial score (nSPS) is 29.6. The van der Waals surface area contributed by atoms with E-state index in [-0.39, 0.29) is 29.7 Å². The summed E-state index contributed by atoms with van der Waals surface area (Å²) in [6.45, 7) is 5.99. The number of carbonyl (C=O) groups is 1. The molecule has 5 rings (SSSR count). The van der Waals surface area contributed by atoms with Crippen LogP contribution in [0.4, 0.5) is 0 Å². The van der Waals surface area contributed by atoms with Gasteiger partial charge in [0.05, 0.1) is 5.41 Å². The maximum absolute atomic E-state index is 12.9. The van der Waals surface area contributed by atoms with Crippen LogP contribution in [-0.4, -0.2) is 22.1 Å². The number of aryl methyl sites for hydroxylation is 1. The van der Waals surface area contributed by atoms with Crippen molar-refractivity contribution in [3.8, 4) is 11.5 Å². The highest BCUT2D eigenvalue weighted by molar-refractivity contribution is 6.31. The highest BCUT2D eigenvalue weighted by atomic mass is 35.5. The first kappa shape index (κ1) is 21.5. The number of fused-ring (bicyclic) bond motifs is 1. The monoisotopic (exact) mass is 469 g/mol. The van der Waals surface area contributed by atoms with Crippen molar-refractivity contribution in [1.29, 1.82) is 0 Å². The van der Waals surface area contributed by atoms with Crippen LogP contribution in [-0.2, 0) is 4.79 Å². The average Bonchev–Trinajstić information content (AvgIpc) is 3.29. The van der Waals surface area contributed by atoms with Gasteiger partial charge in [0.1, 0.15) is 0 Å². The molecule has 1 N–H and O–H groups in total. The van der Waals surface area contributed by atoms with E-state index in [2.05, 4.69) is 47.6 Å². The SMILES string of the molecule is Cc1nnc(-c2ccc([C@@H]3CC[C@@]4(C)C(=O)N[C@H](C)[C@H]4[C@H]3c3ccc(Cl)cc3)c(Cl)c2)o1. The van der Waals surface area contributed by atoms with E-state index in [1.807, 2.05) is 24.3 Å². The summed E-state index contributed by atoms with van der Waals surface area (Å²) >= 11 is 13.0. The molecule has 1 saturated carbocycles. The highest BCUT2D eigenvalue weighted by Crippen LogP contribution is 2.59. The molecule has 1 aliphatic heterocycles. The van der Waals surface area contributed by atoms with E-state index in [1.165, 1.54) is 5.56 Å². The fourth-order valence-corrected chi connectivity index (χ4v) is 6.33. The molecule has 7 heteroatoms. The Hall–Kier alpha value is -2.37. The van der Waals surface area contributed by atoms with E-state index in [1.54, 1.807) is 6.92 Å². The van der Waals surface area contributed by atoms with Crippen molar-refractivity contribution in [2.24, 2.45) is 11.3 Å². The van der Waals surface area contributed by atoms with Gasteiger partial charge in [-0.15, -0.1) is 10.2 Å². The largest absolute Gasteiger partial charge is 0.421 e. The summed E-state index contributed by atoms with van der Waals surface area (Å²) in [5.74, 6) is 1.59. The molecule has 3 aromatic rings. The first-order chi connectivity index (χ1) is 15.3. The number of amides is 1. The number of hydrogen-bond acceptors (Lipinski definition) is 4. The van der Waals surface area contributed by atoms with Crippen molar-refractivity contribution in [1.82, 2.24) is 15.5 Å². The summed E-state index contributed by atoms with van der Waals surface area (Å²) in [6.07, 6.45) is 1.70. The molecule has 166 valence electrons. The number of nitrogens with zero attached hydrogens (tertiary/aromatic N) is 2. The number of carbonyl (C=O) groups excluding carboxylic acids is 1. The molecule has 0 spiro atoms. The van der Waals surface area contributed by atoms with Gasteiger partial charge in [-0.3, -0.25) is 4.79 Å². The lowest BCUT2D eigenvalue weighted by atomic mass is 9.56. The van der Waals surface area contributed by atoms with Gasteiger partial charge in [0.15, 0.2) is 0 Å². The summed E-state index contributed by atoms with van der Waals surface area (Å²) in [6, 6.07) is 14.1. The Morgan fingerprint density at radius 1 is 1.12 bits per heavy atom. The maximum atomic E-state index is 12.9. The summed E-state index contributed by atoms with van der Waals surface area (Å²) < 4.78 is 5.57. The smallest absolute Gasteiger partial charge is 0.247 e. The Bertz CT molecular complexity index is 1180. The molecule has 0 radical (unpaired) electrons. The third-order valence-corrected chi connectivity index (χ3v) is 7.95.